The Labute approximate surface area is 117 Å². The van der Waals surface area contributed by atoms with E-state index in [2.05, 4.69) is 5.32 Å². The van der Waals surface area contributed by atoms with Crippen LogP contribution in [-0.2, 0) is 4.79 Å². The smallest absolute Gasteiger partial charge is 0.326 e. The third kappa shape index (κ3) is 4.15. The van der Waals surface area contributed by atoms with Gasteiger partial charge in [-0.05, 0) is 24.5 Å². The van der Waals surface area contributed by atoms with Gasteiger partial charge in [0, 0.05) is 11.8 Å². The molecule has 4 N–H and O–H groups in total. The van der Waals surface area contributed by atoms with Crippen LogP contribution in [0.15, 0.2) is 18.2 Å². The van der Waals surface area contributed by atoms with Crippen molar-refractivity contribution in [2.45, 2.75) is 26.3 Å². The van der Waals surface area contributed by atoms with Gasteiger partial charge in [0.05, 0.1) is 12.7 Å². The molecule has 1 rings (SSSR count). The molecule has 20 heavy (non-hydrogen) atoms. The summed E-state index contributed by atoms with van der Waals surface area (Å²) in [6.07, 6.45) is 0.359. The average Bonchev–Trinajstić information content (AvgIpc) is 2.36. The zero-order chi connectivity index (χ0) is 15.3. The van der Waals surface area contributed by atoms with Gasteiger partial charge in [0.2, 0.25) is 0 Å². The highest BCUT2D eigenvalue weighted by Gasteiger charge is 2.23. The molecule has 0 spiro atoms. The van der Waals surface area contributed by atoms with Crippen molar-refractivity contribution in [1.29, 1.82) is 0 Å². The Bertz CT molecular complexity index is 500. The average molecular weight is 280 g/mol. The van der Waals surface area contributed by atoms with Crippen molar-refractivity contribution in [3.63, 3.8) is 0 Å². The van der Waals surface area contributed by atoms with Gasteiger partial charge in [-0.15, -0.1) is 0 Å². The van der Waals surface area contributed by atoms with Crippen molar-refractivity contribution >= 4 is 17.6 Å². The van der Waals surface area contributed by atoms with Crippen molar-refractivity contribution in [2.24, 2.45) is 5.92 Å². The first kappa shape index (κ1) is 15.8. The van der Waals surface area contributed by atoms with Crippen molar-refractivity contribution in [1.82, 2.24) is 5.32 Å². The number of nitrogens with one attached hydrogen (secondary N) is 1. The molecule has 0 fully saturated rings. The molecule has 1 amide bonds. The molecule has 0 aliphatic heterocycles. The summed E-state index contributed by atoms with van der Waals surface area (Å²) in [6.45, 7) is 3.79. The van der Waals surface area contributed by atoms with Crippen LogP contribution >= 0.6 is 0 Å². The number of carbonyl (C=O) groups excluding carboxylic acids is 1. The van der Waals surface area contributed by atoms with Crippen LogP contribution in [-0.4, -0.2) is 30.1 Å². The van der Waals surface area contributed by atoms with Gasteiger partial charge in [-0.2, -0.15) is 0 Å². The highest BCUT2D eigenvalue weighted by Crippen LogP contribution is 2.21. The number of carbonyl (C=O) groups is 2. The van der Waals surface area contributed by atoms with E-state index in [9.17, 15) is 9.59 Å². The number of carboxylic acids is 1. The number of nitrogens with two attached hydrogens (primary N) is 1. The fraction of sp³-hybridized carbons (Fsp3) is 0.429. The molecule has 110 valence electrons. The van der Waals surface area contributed by atoms with Crippen molar-refractivity contribution in [2.75, 3.05) is 12.8 Å². The quantitative estimate of drug-likeness (QED) is 0.685. The summed E-state index contributed by atoms with van der Waals surface area (Å²) in [7, 11) is 1.42. The summed E-state index contributed by atoms with van der Waals surface area (Å²) in [5.41, 5.74) is 6.34. The van der Waals surface area contributed by atoms with Crippen LogP contribution in [0.5, 0.6) is 5.75 Å². The minimum atomic E-state index is -1.05. The Morgan fingerprint density at radius 1 is 1.40 bits per heavy atom. The van der Waals surface area contributed by atoms with E-state index in [0.717, 1.165) is 0 Å². The topological polar surface area (TPSA) is 102 Å². The minimum absolute atomic E-state index is 0.157. The van der Waals surface area contributed by atoms with Crippen LogP contribution in [0.25, 0.3) is 0 Å². The molecule has 1 aromatic rings. The number of methoxy groups -OCH3 is 1. The lowest BCUT2D eigenvalue weighted by molar-refractivity contribution is -0.139. The maximum atomic E-state index is 12.1. The Hall–Kier alpha value is -2.24. The van der Waals surface area contributed by atoms with Gasteiger partial charge in [-0.3, -0.25) is 4.79 Å². The Kier molecular flexibility index (Phi) is 5.37. The van der Waals surface area contributed by atoms with Crippen molar-refractivity contribution in [3.05, 3.63) is 23.8 Å². The van der Waals surface area contributed by atoms with Crippen LogP contribution in [0.4, 0.5) is 5.69 Å². The van der Waals surface area contributed by atoms with Gasteiger partial charge in [-0.1, -0.05) is 13.8 Å². The SMILES string of the molecule is COc1cc(N)ccc1C(=O)N[C@H](CC(C)C)C(=O)O. The normalized spacial score (nSPS) is 12.0. The van der Waals surface area contributed by atoms with Crippen molar-refractivity contribution in [3.8, 4) is 5.75 Å². The molecule has 0 radical (unpaired) electrons. The fourth-order valence-corrected chi connectivity index (χ4v) is 1.82. The van der Waals surface area contributed by atoms with E-state index in [-0.39, 0.29) is 11.5 Å². The molecule has 6 nitrogen and oxygen atoms in total. The Balaban J connectivity index is 2.91. The Morgan fingerprint density at radius 3 is 2.55 bits per heavy atom. The Morgan fingerprint density at radius 2 is 2.05 bits per heavy atom. The molecule has 6 heteroatoms. The third-order valence-corrected chi connectivity index (χ3v) is 2.78. The molecule has 0 aliphatic carbocycles. The van der Waals surface area contributed by atoms with Gasteiger partial charge >= 0.3 is 5.97 Å². The van der Waals surface area contributed by atoms with Gasteiger partial charge in [-0.25, -0.2) is 4.79 Å². The first-order chi connectivity index (χ1) is 9.35. The molecule has 1 atom stereocenters. The minimum Gasteiger partial charge on any atom is -0.496 e. The van der Waals surface area contributed by atoms with E-state index in [1.54, 1.807) is 6.07 Å². The molecule has 0 unspecified atom stereocenters. The second-order valence-electron chi connectivity index (χ2n) is 4.95. The largest absolute Gasteiger partial charge is 0.496 e. The summed E-state index contributed by atoms with van der Waals surface area (Å²) in [5.74, 6) is -1.07. The van der Waals surface area contributed by atoms with Crippen LogP contribution in [0.2, 0.25) is 0 Å². The van der Waals surface area contributed by atoms with E-state index in [0.29, 0.717) is 17.9 Å². The summed E-state index contributed by atoms with van der Waals surface area (Å²) in [4.78, 5) is 23.3. The van der Waals surface area contributed by atoms with Crippen LogP contribution in [0.3, 0.4) is 0 Å². The number of rotatable bonds is 6. The lowest BCUT2D eigenvalue weighted by Crippen LogP contribution is -2.41. The predicted molar refractivity (Wildman–Crippen MR) is 75.8 cm³/mol. The number of carboxylic acid groups (broad SMARTS) is 1. The molecule has 0 saturated carbocycles. The van der Waals surface area contributed by atoms with Gasteiger partial charge in [0.15, 0.2) is 0 Å². The predicted octanol–water partition coefficient (Wildman–Crippen LogP) is 1.51. The number of amides is 1. The maximum absolute atomic E-state index is 12.1. The molecule has 0 aliphatic rings. The molecule has 0 aromatic heterocycles. The molecule has 0 saturated heterocycles. The molecule has 0 heterocycles. The van der Waals surface area contributed by atoms with E-state index in [1.165, 1.54) is 19.2 Å². The maximum Gasteiger partial charge on any atom is 0.326 e. The molecular weight excluding hydrogens is 260 g/mol. The summed E-state index contributed by atoms with van der Waals surface area (Å²) in [5, 5.41) is 11.6. The zero-order valence-corrected chi connectivity index (χ0v) is 11.8. The standard InChI is InChI=1S/C14H20N2O4/c1-8(2)6-11(14(18)19)16-13(17)10-5-4-9(15)7-12(10)20-3/h4-5,7-8,11H,6,15H2,1-3H3,(H,16,17)(H,18,19)/t11-/m1/s1. The van der Waals surface area contributed by atoms with Crippen LogP contribution in [0, 0.1) is 5.92 Å². The van der Waals surface area contributed by atoms with Crippen LogP contribution < -0.4 is 15.8 Å². The van der Waals surface area contributed by atoms with Crippen molar-refractivity contribution < 1.29 is 19.4 Å². The number of benzene rings is 1. The first-order valence-electron chi connectivity index (χ1n) is 6.32. The monoisotopic (exact) mass is 280 g/mol. The van der Waals surface area contributed by atoms with E-state index in [1.807, 2.05) is 13.8 Å². The highest BCUT2D eigenvalue weighted by molar-refractivity contribution is 5.99. The number of aliphatic carboxylic acids is 1. The zero-order valence-electron chi connectivity index (χ0n) is 11.8. The van der Waals surface area contributed by atoms with Crippen LogP contribution in [0.1, 0.15) is 30.6 Å². The van der Waals surface area contributed by atoms with E-state index < -0.39 is 17.9 Å². The van der Waals surface area contributed by atoms with Gasteiger partial charge in [0.25, 0.3) is 5.91 Å². The molecule has 1 aromatic carbocycles. The van der Waals surface area contributed by atoms with Gasteiger partial charge in [0.1, 0.15) is 11.8 Å². The molecule has 0 bridgehead atoms. The number of ether oxygens (including phenoxy) is 1. The third-order valence-electron chi connectivity index (χ3n) is 2.78. The highest BCUT2D eigenvalue weighted by atomic mass is 16.5. The van der Waals surface area contributed by atoms with E-state index >= 15 is 0 Å². The lowest BCUT2D eigenvalue weighted by Gasteiger charge is -2.17. The second-order valence-corrected chi connectivity index (χ2v) is 4.95. The first-order valence-corrected chi connectivity index (χ1v) is 6.32. The van der Waals surface area contributed by atoms with E-state index in [4.69, 9.17) is 15.6 Å². The lowest BCUT2D eigenvalue weighted by atomic mass is 10.0. The summed E-state index contributed by atoms with van der Waals surface area (Å²) >= 11 is 0. The fourth-order valence-electron chi connectivity index (χ4n) is 1.82. The number of hydrogen-bond acceptors (Lipinski definition) is 4. The number of nitrogen functional groups attached to an aromatic ring is 1. The summed E-state index contributed by atoms with van der Waals surface area (Å²) in [6, 6.07) is 3.67. The van der Waals surface area contributed by atoms with Gasteiger partial charge < -0.3 is 20.9 Å². The number of hydrogen-bond donors (Lipinski definition) is 3. The number of anilines is 1. The molecular formula is C14H20N2O4. The second kappa shape index (κ2) is 6.79. The summed E-state index contributed by atoms with van der Waals surface area (Å²) < 4.78 is 5.08.